The predicted octanol–water partition coefficient (Wildman–Crippen LogP) is -0.0133. The molecule has 0 aliphatic carbocycles. The van der Waals surface area contributed by atoms with Crippen molar-refractivity contribution < 1.29 is 9.84 Å². The summed E-state index contributed by atoms with van der Waals surface area (Å²) < 4.78 is 4.89. The number of rotatable bonds is 6. The molecule has 0 spiro atoms. The van der Waals surface area contributed by atoms with Crippen molar-refractivity contribution in [3.63, 3.8) is 0 Å². The molecule has 1 heterocycles. The monoisotopic (exact) mass is 259 g/mol. The van der Waals surface area contributed by atoms with Gasteiger partial charge in [0.25, 0.3) is 0 Å². The normalized spacial score (nSPS) is 14.1. The highest BCUT2D eigenvalue weighted by Crippen LogP contribution is 2.15. The van der Waals surface area contributed by atoms with Crippen LogP contribution in [0.25, 0.3) is 0 Å². The molecule has 0 aromatic carbocycles. The number of nitrogens with zero attached hydrogens (tertiary/aromatic N) is 3. The SMILES string of the molecule is COc1nc(N)nc(NC(C)C(CO)SC)n1. The Kier molecular flexibility index (Phi) is 5.23. The van der Waals surface area contributed by atoms with Crippen LogP contribution >= 0.6 is 11.8 Å². The van der Waals surface area contributed by atoms with Crippen LogP contribution in [0.15, 0.2) is 0 Å². The van der Waals surface area contributed by atoms with Gasteiger partial charge in [-0.05, 0) is 13.2 Å². The maximum absolute atomic E-state index is 9.17. The molecule has 0 radical (unpaired) electrons. The van der Waals surface area contributed by atoms with Gasteiger partial charge in [0.2, 0.25) is 11.9 Å². The lowest BCUT2D eigenvalue weighted by Crippen LogP contribution is -2.31. The lowest BCUT2D eigenvalue weighted by molar-refractivity contribution is 0.288. The van der Waals surface area contributed by atoms with E-state index < -0.39 is 0 Å². The second-order valence-corrected chi connectivity index (χ2v) is 4.47. The number of methoxy groups -OCH3 is 1. The van der Waals surface area contributed by atoms with Gasteiger partial charge in [-0.2, -0.15) is 26.7 Å². The van der Waals surface area contributed by atoms with Crippen molar-refractivity contribution >= 4 is 23.7 Å². The highest BCUT2D eigenvalue weighted by atomic mass is 32.2. The Morgan fingerprint density at radius 3 is 2.71 bits per heavy atom. The summed E-state index contributed by atoms with van der Waals surface area (Å²) in [6.07, 6.45) is 1.93. The molecule has 0 aliphatic rings. The summed E-state index contributed by atoms with van der Waals surface area (Å²) in [5, 5.41) is 12.3. The van der Waals surface area contributed by atoms with Crippen LogP contribution in [0.5, 0.6) is 6.01 Å². The van der Waals surface area contributed by atoms with E-state index in [1.54, 1.807) is 11.8 Å². The van der Waals surface area contributed by atoms with Gasteiger partial charge in [0, 0.05) is 11.3 Å². The van der Waals surface area contributed by atoms with Gasteiger partial charge in [0.1, 0.15) is 0 Å². The summed E-state index contributed by atoms with van der Waals surface area (Å²) in [6, 6.07) is 0.165. The molecule has 0 bridgehead atoms. The molecular formula is C9H17N5O2S. The first-order chi connectivity index (χ1) is 8.10. The number of anilines is 2. The molecule has 17 heavy (non-hydrogen) atoms. The topological polar surface area (TPSA) is 106 Å². The van der Waals surface area contributed by atoms with Crippen LogP contribution in [0.4, 0.5) is 11.9 Å². The number of hydrogen-bond donors (Lipinski definition) is 3. The van der Waals surface area contributed by atoms with Crippen LogP contribution < -0.4 is 15.8 Å². The first-order valence-corrected chi connectivity index (χ1v) is 6.35. The maximum atomic E-state index is 9.17. The minimum absolute atomic E-state index is 0.00139. The third-order valence-corrected chi connectivity index (χ3v) is 3.37. The summed E-state index contributed by atoms with van der Waals surface area (Å²) in [5.74, 6) is 0.436. The number of aromatic nitrogens is 3. The minimum atomic E-state index is 0.00139. The average molecular weight is 259 g/mol. The lowest BCUT2D eigenvalue weighted by atomic mass is 10.2. The van der Waals surface area contributed by atoms with Gasteiger partial charge in [-0.15, -0.1) is 0 Å². The first kappa shape index (κ1) is 13.8. The molecule has 0 aliphatic heterocycles. The van der Waals surface area contributed by atoms with Gasteiger partial charge in [0.05, 0.1) is 13.7 Å². The van der Waals surface area contributed by atoms with Crippen LogP contribution in [0.2, 0.25) is 0 Å². The minimum Gasteiger partial charge on any atom is -0.467 e. The summed E-state index contributed by atoms with van der Waals surface area (Å²) in [5.41, 5.74) is 5.52. The van der Waals surface area contributed by atoms with E-state index in [0.717, 1.165) is 0 Å². The zero-order chi connectivity index (χ0) is 12.8. The van der Waals surface area contributed by atoms with Crippen molar-refractivity contribution in [1.82, 2.24) is 15.0 Å². The second kappa shape index (κ2) is 6.45. The molecule has 8 heteroatoms. The second-order valence-electron chi connectivity index (χ2n) is 3.39. The zero-order valence-corrected chi connectivity index (χ0v) is 10.9. The van der Waals surface area contributed by atoms with Gasteiger partial charge in [-0.25, -0.2) is 0 Å². The number of nitrogens with two attached hydrogens (primary N) is 1. The van der Waals surface area contributed by atoms with E-state index in [0.29, 0.717) is 5.95 Å². The Balaban J connectivity index is 2.76. The van der Waals surface area contributed by atoms with Crippen molar-refractivity contribution in [1.29, 1.82) is 0 Å². The fourth-order valence-electron chi connectivity index (χ4n) is 1.26. The number of thioether (sulfide) groups is 1. The van der Waals surface area contributed by atoms with E-state index in [-0.39, 0.29) is 29.9 Å². The van der Waals surface area contributed by atoms with Gasteiger partial charge >= 0.3 is 6.01 Å². The van der Waals surface area contributed by atoms with E-state index in [2.05, 4.69) is 20.3 Å². The third kappa shape index (κ3) is 3.90. The van der Waals surface area contributed by atoms with Crippen molar-refractivity contribution in [3.05, 3.63) is 0 Å². The molecule has 1 aromatic heterocycles. The zero-order valence-electron chi connectivity index (χ0n) is 10.0. The quantitative estimate of drug-likeness (QED) is 0.655. The van der Waals surface area contributed by atoms with Crippen LogP contribution in [-0.4, -0.2) is 51.3 Å². The standard InChI is InChI=1S/C9H17N5O2S/c1-5(6(4-15)17-3)11-8-12-7(10)13-9(14-8)16-2/h5-6,15H,4H2,1-3H3,(H3,10,11,12,13,14). The van der Waals surface area contributed by atoms with Crippen LogP contribution in [0, 0.1) is 0 Å². The molecule has 96 valence electrons. The van der Waals surface area contributed by atoms with E-state index in [9.17, 15) is 0 Å². The number of hydrogen-bond acceptors (Lipinski definition) is 8. The summed E-state index contributed by atoms with van der Waals surface area (Å²) in [4.78, 5) is 11.7. The summed E-state index contributed by atoms with van der Waals surface area (Å²) in [7, 11) is 1.46. The molecule has 1 rings (SSSR count). The smallest absolute Gasteiger partial charge is 0.322 e. The molecule has 0 saturated heterocycles. The highest BCUT2D eigenvalue weighted by molar-refractivity contribution is 7.99. The number of nitrogen functional groups attached to an aromatic ring is 1. The molecule has 4 N–H and O–H groups in total. The van der Waals surface area contributed by atoms with E-state index in [1.165, 1.54) is 7.11 Å². The first-order valence-electron chi connectivity index (χ1n) is 5.06. The van der Waals surface area contributed by atoms with Crippen molar-refractivity contribution in [3.8, 4) is 6.01 Å². The largest absolute Gasteiger partial charge is 0.467 e. The van der Waals surface area contributed by atoms with Gasteiger partial charge in [-0.1, -0.05) is 0 Å². The van der Waals surface area contributed by atoms with Gasteiger partial charge in [-0.3, -0.25) is 0 Å². The van der Waals surface area contributed by atoms with E-state index >= 15 is 0 Å². The Morgan fingerprint density at radius 2 is 2.18 bits per heavy atom. The van der Waals surface area contributed by atoms with E-state index in [1.807, 2.05) is 13.2 Å². The molecule has 0 saturated carbocycles. The molecule has 2 unspecified atom stereocenters. The predicted molar refractivity (Wildman–Crippen MR) is 68.3 cm³/mol. The molecule has 1 aromatic rings. The molecule has 0 amide bonds. The van der Waals surface area contributed by atoms with Crippen molar-refractivity contribution in [2.24, 2.45) is 0 Å². The number of aliphatic hydroxyl groups excluding tert-OH is 1. The molecular weight excluding hydrogens is 242 g/mol. The fourth-order valence-corrected chi connectivity index (χ4v) is 1.89. The Hall–Kier alpha value is -1.28. The van der Waals surface area contributed by atoms with Crippen LogP contribution in [0.1, 0.15) is 6.92 Å². The summed E-state index contributed by atoms with van der Waals surface area (Å²) in [6.45, 7) is 2.01. The van der Waals surface area contributed by atoms with Crippen LogP contribution in [0.3, 0.4) is 0 Å². The summed E-state index contributed by atoms with van der Waals surface area (Å²) >= 11 is 1.57. The average Bonchev–Trinajstić information content (AvgIpc) is 2.29. The molecule has 2 atom stereocenters. The molecule has 7 nitrogen and oxygen atoms in total. The number of ether oxygens (including phenoxy) is 1. The third-order valence-electron chi connectivity index (χ3n) is 2.21. The molecule has 0 fully saturated rings. The van der Waals surface area contributed by atoms with Gasteiger partial charge < -0.3 is 20.9 Å². The lowest BCUT2D eigenvalue weighted by Gasteiger charge is -2.21. The van der Waals surface area contributed by atoms with Gasteiger partial charge in [0.15, 0.2) is 0 Å². The van der Waals surface area contributed by atoms with Crippen molar-refractivity contribution in [2.75, 3.05) is 31.0 Å². The number of nitrogens with one attached hydrogen (secondary N) is 1. The van der Waals surface area contributed by atoms with E-state index in [4.69, 9.17) is 15.6 Å². The number of aliphatic hydroxyl groups is 1. The fraction of sp³-hybridized carbons (Fsp3) is 0.667. The Bertz CT molecular complexity index is 361. The maximum Gasteiger partial charge on any atom is 0.322 e. The van der Waals surface area contributed by atoms with Crippen LogP contribution in [-0.2, 0) is 0 Å². The Morgan fingerprint density at radius 1 is 1.47 bits per heavy atom. The van der Waals surface area contributed by atoms with Crippen molar-refractivity contribution in [2.45, 2.75) is 18.2 Å². The highest BCUT2D eigenvalue weighted by Gasteiger charge is 2.16. The Labute approximate surface area is 104 Å².